The number of hydrogen-bond acceptors (Lipinski definition) is 2. The third-order valence-corrected chi connectivity index (χ3v) is 6.71. The molecule has 0 bridgehead atoms. The van der Waals surface area contributed by atoms with Crippen LogP contribution in [0.1, 0.15) is 27.7 Å². The third-order valence-electron chi connectivity index (χ3n) is 6.71. The van der Waals surface area contributed by atoms with E-state index in [-0.39, 0.29) is 0 Å². The van der Waals surface area contributed by atoms with Gasteiger partial charge in [0.05, 0.1) is 11.2 Å². The monoisotopic (exact) mass is 405 g/mol. The highest BCUT2D eigenvalue weighted by Crippen LogP contribution is 2.48. The summed E-state index contributed by atoms with van der Waals surface area (Å²) < 4.78 is 5.97. The fraction of sp³-hybridized carbons (Fsp3) is 0.214. The van der Waals surface area contributed by atoms with Gasteiger partial charge >= 0.3 is 7.48 Å². The summed E-state index contributed by atoms with van der Waals surface area (Å²) in [6.45, 7) is 7.33. The van der Waals surface area contributed by atoms with E-state index in [9.17, 15) is 5.11 Å². The van der Waals surface area contributed by atoms with Crippen LogP contribution in [0.4, 0.5) is 0 Å². The molecule has 0 amide bonds. The van der Waals surface area contributed by atoms with E-state index in [1.165, 1.54) is 38.6 Å². The van der Waals surface area contributed by atoms with Crippen molar-refractivity contribution in [3.63, 3.8) is 0 Å². The van der Waals surface area contributed by atoms with Crippen LogP contribution in [0.15, 0.2) is 78.9 Å². The zero-order valence-corrected chi connectivity index (χ0v) is 18.4. The highest BCUT2D eigenvalue weighted by molar-refractivity contribution is 6.47. The Morgan fingerprint density at radius 2 is 1.29 bits per heavy atom. The first kappa shape index (κ1) is 20.1. The van der Waals surface area contributed by atoms with E-state index < -0.39 is 11.2 Å². The predicted octanol–water partition coefficient (Wildman–Crippen LogP) is 5.96. The van der Waals surface area contributed by atoms with Crippen LogP contribution in [0, 0.1) is 0 Å². The minimum Gasteiger partial charge on any atom is -0.427 e. The Morgan fingerprint density at radius 1 is 0.677 bits per heavy atom. The van der Waals surface area contributed by atoms with Gasteiger partial charge in [0.1, 0.15) is 0 Å². The molecular formula is C28H26BO2. The summed E-state index contributed by atoms with van der Waals surface area (Å²) in [7, 11) is 1.75. The van der Waals surface area contributed by atoms with Gasteiger partial charge in [-0.15, -0.1) is 0 Å². The fourth-order valence-corrected chi connectivity index (χ4v) is 4.20. The molecule has 0 unspecified atom stereocenters. The van der Waals surface area contributed by atoms with E-state index in [1.807, 2.05) is 19.9 Å². The number of benzene rings is 4. The second-order valence-electron chi connectivity index (χ2n) is 9.36. The summed E-state index contributed by atoms with van der Waals surface area (Å²) in [5, 5.41) is 13.0. The normalized spacial score (nSPS) is 12.8. The molecule has 4 aromatic rings. The molecule has 0 fully saturated rings. The molecule has 0 aliphatic heterocycles. The van der Waals surface area contributed by atoms with Crippen LogP contribution in [0.5, 0.6) is 0 Å². The van der Waals surface area contributed by atoms with Gasteiger partial charge in [0.25, 0.3) is 0 Å². The first-order valence-electron chi connectivity index (χ1n) is 10.8. The molecule has 3 heteroatoms. The molecule has 2 nitrogen and oxygen atoms in total. The van der Waals surface area contributed by atoms with E-state index in [0.29, 0.717) is 0 Å². The van der Waals surface area contributed by atoms with Gasteiger partial charge in [-0.1, -0.05) is 84.3 Å². The molecule has 0 saturated carbocycles. The highest BCUT2D eigenvalue weighted by Gasteiger charge is 2.35. The second kappa shape index (κ2) is 7.08. The van der Waals surface area contributed by atoms with Gasteiger partial charge in [-0.3, -0.25) is 0 Å². The van der Waals surface area contributed by atoms with Gasteiger partial charge in [0.15, 0.2) is 0 Å². The van der Waals surface area contributed by atoms with Crippen molar-refractivity contribution in [2.45, 2.75) is 38.9 Å². The Morgan fingerprint density at radius 3 is 2.00 bits per heavy atom. The van der Waals surface area contributed by atoms with E-state index >= 15 is 0 Å². The van der Waals surface area contributed by atoms with Crippen molar-refractivity contribution in [1.29, 1.82) is 0 Å². The molecule has 5 rings (SSSR count). The summed E-state index contributed by atoms with van der Waals surface area (Å²) in [6.07, 6.45) is 0. The van der Waals surface area contributed by atoms with Crippen molar-refractivity contribution in [3.8, 4) is 33.4 Å². The highest BCUT2D eigenvalue weighted by atomic mass is 16.5. The maximum Gasteiger partial charge on any atom is 0.330 e. The average molecular weight is 405 g/mol. The summed E-state index contributed by atoms with van der Waals surface area (Å²) >= 11 is 0. The third kappa shape index (κ3) is 3.29. The summed E-state index contributed by atoms with van der Waals surface area (Å²) in [4.78, 5) is 0. The van der Waals surface area contributed by atoms with Gasteiger partial charge < -0.3 is 9.76 Å². The molecule has 1 radical (unpaired) electrons. The maximum absolute atomic E-state index is 10.4. The number of fused-ring (bicyclic) bond motifs is 3. The number of rotatable bonds is 5. The molecule has 0 heterocycles. The maximum atomic E-state index is 10.4. The largest absolute Gasteiger partial charge is 0.427 e. The summed E-state index contributed by atoms with van der Waals surface area (Å²) in [6, 6.07) is 28.1. The van der Waals surface area contributed by atoms with Gasteiger partial charge in [0, 0.05) is 0 Å². The minimum atomic E-state index is -0.951. The van der Waals surface area contributed by atoms with Crippen LogP contribution in [-0.4, -0.2) is 23.8 Å². The lowest BCUT2D eigenvalue weighted by molar-refractivity contribution is -0.0893. The Bertz CT molecular complexity index is 1270. The van der Waals surface area contributed by atoms with E-state index in [4.69, 9.17) is 4.65 Å². The van der Waals surface area contributed by atoms with Gasteiger partial charge in [0.2, 0.25) is 0 Å². The fourth-order valence-electron chi connectivity index (χ4n) is 4.20. The Balaban J connectivity index is 1.55. The van der Waals surface area contributed by atoms with Crippen molar-refractivity contribution in [2.75, 3.05) is 0 Å². The van der Waals surface area contributed by atoms with E-state index in [2.05, 4.69) is 72.8 Å². The molecule has 153 valence electrons. The first-order valence-corrected chi connectivity index (χ1v) is 10.8. The van der Waals surface area contributed by atoms with E-state index in [1.54, 1.807) is 21.3 Å². The molecule has 0 atom stereocenters. The predicted molar refractivity (Wildman–Crippen MR) is 131 cm³/mol. The van der Waals surface area contributed by atoms with Crippen molar-refractivity contribution in [3.05, 3.63) is 78.9 Å². The standard InChI is InChI=1S/C28H26BO2/c1-27(2,30)28(3,4)31-29-19-10-7-9-18(17-19)20-15-16-25-22-12-6-5-11-21(22)24-14-8-13-23(20)26(24)25/h5-17,30H,1-4H3. The summed E-state index contributed by atoms with van der Waals surface area (Å²) in [5.74, 6) is 0. The molecule has 1 aliphatic rings. The Kier molecular flexibility index (Phi) is 4.58. The van der Waals surface area contributed by atoms with Crippen LogP contribution >= 0.6 is 0 Å². The van der Waals surface area contributed by atoms with Crippen molar-refractivity contribution in [1.82, 2.24) is 0 Å². The summed E-state index contributed by atoms with van der Waals surface area (Å²) in [5.41, 5.74) is 6.93. The van der Waals surface area contributed by atoms with Crippen LogP contribution < -0.4 is 5.46 Å². The molecule has 31 heavy (non-hydrogen) atoms. The van der Waals surface area contributed by atoms with Crippen molar-refractivity contribution in [2.24, 2.45) is 0 Å². The lowest BCUT2D eigenvalue weighted by Gasteiger charge is -2.37. The average Bonchev–Trinajstić information content (AvgIpc) is 3.08. The lowest BCUT2D eigenvalue weighted by Crippen LogP contribution is -2.49. The van der Waals surface area contributed by atoms with Crippen LogP contribution in [0.2, 0.25) is 0 Å². The number of hydrogen-bond donors (Lipinski definition) is 1. The van der Waals surface area contributed by atoms with Gasteiger partial charge in [-0.25, -0.2) is 0 Å². The molecule has 4 aromatic carbocycles. The zero-order chi connectivity index (χ0) is 21.8. The zero-order valence-electron chi connectivity index (χ0n) is 18.4. The van der Waals surface area contributed by atoms with Crippen molar-refractivity contribution >= 4 is 23.7 Å². The number of aliphatic hydroxyl groups is 1. The van der Waals surface area contributed by atoms with Crippen LogP contribution in [-0.2, 0) is 4.65 Å². The molecule has 1 N–H and O–H groups in total. The Labute approximate surface area is 184 Å². The smallest absolute Gasteiger partial charge is 0.330 e. The van der Waals surface area contributed by atoms with Gasteiger partial charge in [-0.05, 0) is 71.8 Å². The van der Waals surface area contributed by atoms with Crippen LogP contribution in [0.25, 0.3) is 44.2 Å². The topological polar surface area (TPSA) is 29.5 Å². The first-order chi connectivity index (χ1) is 14.8. The van der Waals surface area contributed by atoms with Gasteiger partial charge in [-0.2, -0.15) is 0 Å². The molecule has 1 aliphatic carbocycles. The van der Waals surface area contributed by atoms with E-state index in [0.717, 1.165) is 11.0 Å². The quantitative estimate of drug-likeness (QED) is 0.366. The van der Waals surface area contributed by atoms with Crippen LogP contribution in [0.3, 0.4) is 0 Å². The lowest BCUT2D eigenvalue weighted by atomic mass is 9.81. The second-order valence-corrected chi connectivity index (χ2v) is 9.36. The molecule has 0 aromatic heterocycles. The molecule has 0 spiro atoms. The molecule has 0 saturated heterocycles. The molecular weight excluding hydrogens is 379 g/mol. The minimum absolute atomic E-state index is 0.698. The SMILES string of the molecule is CC(C)(O)C(C)(C)O[B]c1cccc(-c2ccc3c4c(cccc24)-c2ccccc2-3)c1. The van der Waals surface area contributed by atoms with Crippen molar-refractivity contribution < 1.29 is 9.76 Å². The Hall–Kier alpha value is -2.88.